The summed E-state index contributed by atoms with van der Waals surface area (Å²) in [5.41, 5.74) is 0.638. The van der Waals surface area contributed by atoms with Crippen LogP contribution in [0, 0.1) is 13.8 Å². The summed E-state index contributed by atoms with van der Waals surface area (Å²) in [7, 11) is 0. The first-order valence-corrected chi connectivity index (χ1v) is 6.17. The van der Waals surface area contributed by atoms with E-state index in [1.807, 2.05) is 0 Å². The third kappa shape index (κ3) is 4.64. The number of hydrogen-bond acceptors (Lipinski definition) is 6. The van der Waals surface area contributed by atoms with Crippen LogP contribution in [-0.2, 0) is 14.3 Å². The maximum atomic E-state index is 11.5. The van der Waals surface area contributed by atoms with Crippen molar-refractivity contribution in [2.24, 2.45) is 0 Å². The normalized spacial score (nSPS) is 10.8. The van der Waals surface area contributed by atoms with Gasteiger partial charge in [-0.1, -0.05) is 5.16 Å². The van der Waals surface area contributed by atoms with E-state index in [2.05, 4.69) is 10.5 Å². The second kappa shape index (κ2) is 6.56. The van der Waals surface area contributed by atoms with Crippen LogP contribution in [0.25, 0.3) is 6.08 Å². The second-order valence-electron chi connectivity index (χ2n) is 4.27. The molecule has 2 aromatic heterocycles. The molecule has 2 heterocycles. The monoisotopic (exact) mass is 290 g/mol. The highest BCUT2D eigenvalue weighted by Crippen LogP contribution is 2.09. The number of amides is 1. The molecule has 0 unspecified atom stereocenters. The number of carbonyl (C=O) groups is 2. The van der Waals surface area contributed by atoms with Crippen LogP contribution >= 0.6 is 0 Å². The number of aryl methyl sites for hydroxylation is 2. The van der Waals surface area contributed by atoms with Crippen molar-refractivity contribution in [3.05, 3.63) is 41.5 Å². The van der Waals surface area contributed by atoms with Gasteiger partial charge in [-0.05, 0) is 32.1 Å². The standard InChI is InChI=1S/C14H14N2O5/c1-9-7-13(21-16-9)15-12(17)8-19-14(18)6-5-11-4-3-10(2)20-11/h3-7H,8H2,1-2H3,(H,15,17)/b6-5+. The van der Waals surface area contributed by atoms with Crippen molar-refractivity contribution >= 4 is 23.8 Å². The van der Waals surface area contributed by atoms with Gasteiger partial charge in [-0.25, -0.2) is 4.79 Å². The van der Waals surface area contributed by atoms with E-state index in [-0.39, 0.29) is 5.88 Å². The van der Waals surface area contributed by atoms with Crippen molar-refractivity contribution in [2.45, 2.75) is 13.8 Å². The van der Waals surface area contributed by atoms with Crippen LogP contribution in [0.15, 0.2) is 33.2 Å². The first-order valence-electron chi connectivity index (χ1n) is 6.17. The third-order valence-corrected chi connectivity index (χ3v) is 2.38. The smallest absolute Gasteiger partial charge is 0.331 e. The van der Waals surface area contributed by atoms with Gasteiger partial charge in [0.2, 0.25) is 5.88 Å². The topological polar surface area (TPSA) is 94.6 Å². The number of esters is 1. The molecule has 0 fully saturated rings. The quantitative estimate of drug-likeness (QED) is 0.669. The van der Waals surface area contributed by atoms with Gasteiger partial charge in [-0.3, -0.25) is 10.1 Å². The Bertz CT molecular complexity index is 668. The molecule has 7 nitrogen and oxygen atoms in total. The van der Waals surface area contributed by atoms with E-state index in [1.54, 1.807) is 32.0 Å². The molecule has 21 heavy (non-hydrogen) atoms. The minimum Gasteiger partial charge on any atom is -0.462 e. The summed E-state index contributed by atoms with van der Waals surface area (Å²) in [6.07, 6.45) is 2.65. The summed E-state index contributed by atoms with van der Waals surface area (Å²) in [5, 5.41) is 6.02. The van der Waals surface area contributed by atoms with Crippen molar-refractivity contribution in [2.75, 3.05) is 11.9 Å². The van der Waals surface area contributed by atoms with Crippen LogP contribution in [0.2, 0.25) is 0 Å². The van der Waals surface area contributed by atoms with Gasteiger partial charge in [0.05, 0.1) is 5.69 Å². The van der Waals surface area contributed by atoms with Crippen molar-refractivity contribution in [3.8, 4) is 0 Å². The Kier molecular flexibility index (Phi) is 4.55. The van der Waals surface area contributed by atoms with Gasteiger partial charge >= 0.3 is 5.97 Å². The zero-order valence-electron chi connectivity index (χ0n) is 11.6. The van der Waals surface area contributed by atoms with E-state index in [4.69, 9.17) is 13.7 Å². The molecule has 0 saturated carbocycles. The van der Waals surface area contributed by atoms with Crippen LogP contribution in [0.3, 0.4) is 0 Å². The molecule has 2 aromatic rings. The fourth-order valence-electron chi connectivity index (χ4n) is 1.47. The van der Waals surface area contributed by atoms with E-state index in [0.717, 1.165) is 5.76 Å². The highest BCUT2D eigenvalue weighted by atomic mass is 16.5. The number of hydrogen-bond donors (Lipinski definition) is 1. The molecule has 2 rings (SSSR count). The zero-order valence-corrected chi connectivity index (χ0v) is 11.6. The van der Waals surface area contributed by atoms with Crippen LogP contribution in [0.1, 0.15) is 17.2 Å². The Morgan fingerprint density at radius 2 is 2.19 bits per heavy atom. The van der Waals surface area contributed by atoms with Crippen LogP contribution in [0.4, 0.5) is 5.88 Å². The number of aromatic nitrogens is 1. The molecular formula is C14H14N2O5. The number of nitrogens with zero attached hydrogens (tertiary/aromatic N) is 1. The summed E-state index contributed by atoms with van der Waals surface area (Å²) in [6, 6.07) is 5.05. The first kappa shape index (κ1) is 14.6. The molecule has 110 valence electrons. The Hall–Kier alpha value is -2.83. The Balaban J connectivity index is 1.75. The molecule has 0 bridgehead atoms. The molecule has 0 aliphatic rings. The maximum absolute atomic E-state index is 11.5. The molecule has 0 aliphatic carbocycles. The summed E-state index contributed by atoms with van der Waals surface area (Å²) >= 11 is 0. The molecule has 0 atom stereocenters. The van der Waals surface area contributed by atoms with Crippen molar-refractivity contribution < 1.29 is 23.3 Å². The predicted molar refractivity (Wildman–Crippen MR) is 73.3 cm³/mol. The number of nitrogens with one attached hydrogen (secondary N) is 1. The fraction of sp³-hybridized carbons (Fsp3) is 0.214. The van der Waals surface area contributed by atoms with Gasteiger partial charge in [0.15, 0.2) is 6.61 Å². The van der Waals surface area contributed by atoms with Crippen molar-refractivity contribution in [1.82, 2.24) is 5.16 Å². The maximum Gasteiger partial charge on any atom is 0.331 e. The van der Waals surface area contributed by atoms with Crippen LogP contribution < -0.4 is 5.32 Å². The van der Waals surface area contributed by atoms with Gasteiger partial charge in [0, 0.05) is 12.1 Å². The highest BCUT2D eigenvalue weighted by Gasteiger charge is 2.08. The van der Waals surface area contributed by atoms with Gasteiger partial charge in [0.1, 0.15) is 11.5 Å². The summed E-state index contributed by atoms with van der Waals surface area (Å²) < 4.78 is 14.8. The molecular weight excluding hydrogens is 276 g/mol. The molecule has 0 aromatic carbocycles. The van der Waals surface area contributed by atoms with Gasteiger partial charge in [0.25, 0.3) is 5.91 Å². The Morgan fingerprint density at radius 3 is 2.81 bits per heavy atom. The van der Waals surface area contributed by atoms with Crippen molar-refractivity contribution in [1.29, 1.82) is 0 Å². The molecule has 1 amide bonds. The average molecular weight is 290 g/mol. The van der Waals surface area contributed by atoms with Crippen LogP contribution in [-0.4, -0.2) is 23.6 Å². The molecule has 0 aliphatic heterocycles. The minimum atomic E-state index is -0.645. The second-order valence-corrected chi connectivity index (χ2v) is 4.27. The lowest BCUT2D eigenvalue weighted by Gasteiger charge is -2.01. The predicted octanol–water partition coefficient (Wildman–Crippen LogP) is 2.08. The van der Waals surface area contributed by atoms with E-state index >= 15 is 0 Å². The first-order chi connectivity index (χ1) is 10.0. The van der Waals surface area contributed by atoms with E-state index in [9.17, 15) is 9.59 Å². The number of anilines is 1. The number of carbonyl (C=O) groups excluding carboxylic acids is 2. The highest BCUT2D eigenvalue weighted by molar-refractivity contribution is 5.93. The zero-order chi connectivity index (χ0) is 15.2. The minimum absolute atomic E-state index is 0.204. The van der Waals surface area contributed by atoms with Gasteiger partial charge in [-0.15, -0.1) is 0 Å². The number of ether oxygens (including phenoxy) is 1. The fourth-order valence-corrected chi connectivity index (χ4v) is 1.47. The molecule has 0 spiro atoms. The van der Waals surface area contributed by atoms with Gasteiger partial charge < -0.3 is 13.7 Å². The number of rotatable bonds is 5. The lowest BCUT2D eigenvalue weighted by molar-refractivity contribution is -0.142. The number of furan rings is 1. The lowest BCUT2D eigenvalue weighted by atomic mass is 10.4. The Labute approximate surface area is 120 Å². The summed E-state index contributed by atoms with van der Waals surface area (Å²) in [5.74, 6) is 0.320. The van der Waals surface area contributed by atoms with E-state index in [0.29, 0.717) is 11.5 Å². The molecule has 0 radical (unpaired) electrons. The summed E-state index contributed by atoms with van der Waals surface area (Å²) in [4.78, 5) is 22.9. The van der Waals surface area contributed by atoms with Gasteiger partial charge in [-0.2, -0.15) is 0 Å². The lowest BCUT2D eigenvalue weighted by Crippen LogP contribution is -2.19. The van der Waals surface area contributed by atoms with Crippen molar-refractivity contribution in [3.63, 3.8) is 0 Å². The molecule has 1 N–H and O–H groups in total. The molecule has 7 heteroatoms. The molecule has 0 saturated heterocycles. The third-order valence-electron chi connectivity index (χ3n) is 2.38. The van der Waals surface area contributed by atoms with E-state index in [1.165, 1.54) is 12.2 Å². The van der Waals surface area contributed by atoms with Crippen LogP contribution in [0.5, 0.6) is 0 Å². The van der Waals surface area contributed by atoms with E-state index < -0.39 is 18.5 Å². The Morgan fingerprint density at radius 1 is 1.38 bits per heavy atom. The average Bonchev–Trinajstić information content (AvgIpc) is 3.03. The summed E-state index contributed by atoms with van der Waals surface area (Å²) in [6.45, 7) is 3.10. The SMILES string of the molecule is Cc1cc(NC(=O)COC(=O)/C=C/c2ccc(C)o2)on1. The largest absolute Gasteiger partial charge is 0.462 e.